The Bertz CT molecular complexity index is 1120. The summed E-state index contributed by atoms with van der Waals surface area (Å²) in [5.74, 6) is 2.07. The SMILES string of the molecule is COc1ccccc1[C@@H](CCNS(=O)(=O)c1ccccc1)c1ccc2c(c1)OCO2. The number of nitrogens with one attached hydrogen (secondary N) is 1. The number of fused-ring (bicyclic) bond motifs is 1. The predicted octanol–water partition coefficient (Wildman–Crippen LogP) is 3.92. The largest absolute Gasteiger partial charge is 0.496 e. The Morgan fingerprint density at radius 2 is 1.70 bits per heavy atom. The highest BCUT2D eigenvalue weighted by molar-refractivity contribution is 7.89. The summed E-state index contributed by atoms with van der Waals surface area (Å²) in [6.45, 7) is 0.476. The molecule has 1 N–H and O–H groups in total. The van der Waals surface area contributed by atoms with Crippen LogP contribution in [0.5, 0.6) is 17.2 Å². The third-order valence-electron chi connectivity index (χ3n) is 5.09. The minimum Gasteiger partial charge on any atom is -0.496 e. The molecule has 0 fully saturated rings. The zero-order valence-corrected chi connectivity index (χ0v) is 17.4. The van der Waals surface area contributed by atoms with Crippen LogP contribution in [0.15, 0.2) is 77.7 Å². The zero-order valence-electron chi connectivity index (χ0n) is 16.6. The second-order valence-corrected chi connectivity index (χ2v) is 8.67. The number of ether oxygens (including phenoxy) is 3. The van der Waals surface area contributed by atoms with Crippen LogP contribution in [-0.4, -0.2) is 28.9 Å². The molecule has 1 aliphatic heterocycles. The maximum absolute atomic E-state index is 12.6. The van der Waals surface area contributed by atoms with E-state index in [0.29, 0.717) is 17.9 Å². The molecule has 0 unspecified atom stereocenters. The van der Waals surface area contributed by atoms with Crippen molar-refractivity contribution in [1.82, 2.24) is 4.72 Å². The van der Waals surface area contributed by atoms with E-state index in [1.807, 2.05) is 42.5 Å². The molecule has 1 heterocycles. The first-order valence-corrected chi connectivity index (χ1v) is 11.1. The topological polar surface area (TPSA) is 73.9 Å². The highest BCUT2D eigenvalue weighted by Gasteiger charge is 2.23. The van der Waals surface area contributed by atoms with Gasteiger partial charge in [-0.3, -0.25) is 0 Å². The number of sulfonamides is 1. The van der Waals surface area contributed by atoms with Gasteiger partial charge in [-0.25, -0.2) is 13.1 Å². The van der Waals surface area contributed by atoms with Crippen molar-refractivity contribution < 1.29 is 22.6 Å². The summed E-state index contributed by atoms with van der Waals surface area (Å²) in [4.78, 5) is 0.252. The Labute approximate surface area is 176 Å². The van der Waals surface area contributed by atoms with Gasteiger partial charge in [0.2, 0.25) is 16.8 Å². The van der Waals surface area contributed by atoms with E-state index in [9.17, 15) is 8.42 Å². The Balaban J connectivity index is 1.60. The van der Waals surface area contributed by atoms with Crippen LogP contribution in [0.1, 0.15) is 23.5 Å². The molecule has 0 amide bonds. The lowest BCUT2D eigenvalue weighted by molar-refractivity contribution is 0.174. The monoisotopic (exact) mass is 425 g/mol. The van der Waals surface area contributed by atoms with Crippen LogP contribution in [0.4, 0.5) is 0 Å². The van der Waals surface area contributed by atoms with Gasteiger partial charge in [-0.05, 0) is 42.3 Å². The van der Waals surface area contributed by atoms with Gasteiger partial charge in [-0.1, -0.05) is 42.5 Å². The molecule has 7 heteroatoms. The lowest BCUT2D eigenvalue weighted by Gasteiger charge is -2.21. The molecule has 3 aromatic rings. The van der Waals surface area contributed by atoms with E-state index >= 15 is 0 Å². The summed E-state index contributed by atoms with van der Waals surface area (Å²) in [6.07, 6.45) is 0.548. The predicted molar refractivity (Wildman–Crippen MR) is 114 cm³/mol. The molecule has 0 saturated carbocycles. The van der Waals surface area contributed by atoms with Gasteiger partial charge in [-0.15, -0.1) is 0 Å². The van der Waals surface area contributed by atoms with Crippen LogP contribution >= 0.6 is 0 Å². The summed E-state index contributed by atoms with van der Waals surface area (Å²) < 4.78 is 44.4. The summed E-state index contributed by atoms with van der Waals surface area (Å²) in [5, 5.41) is 0. The van der Waals surface area contributed by atoms with Crippen molar-refractivity contribution in [2.45, 2.75) is 17.2 Å². The fraction of sp³-hybridized carbons (Fsp3) is 0.217. The molecule has 4 rings (SSSR count). The molecular weight excluding hydrogens is 402 g/mol. The van der Waals surface area contributed by atoms with E-state index in [4.69, 9.17) is 14.2 Å². The Kier molecular flexibility index (Phi) is 5.92. The third kappa shape index (κ3) is 4.27. The first kappa shape index (κ1) is 20.3. The molecule has 0 radical (unpaired) electrons. The Morgan fingerprint density at radius 3 is 2.50 bits per heavy atom. The highest BCUT2D eigenvalue weighted by atomic mass is 32.2. The first-order chi connectivity index (χ1) is 14.6. The maximum Gasteiger partial charge on any atom is 0.240 e. The molecule has 1 aliphatic rings. The van der Waals surface area contributed by atoms with E-state index in [1.165, 1.54) is 0 Å². The fourth-order valence-electron chi connectivity index (χ4n) is 3.61. The average molecular weight is 426 g/mol. The fourth-order valence-corrected chi connectivity index (χ4v) is 4.68. The van der Waals surface area contributed by atoms with Crippen LogP contribution in [0.2, 0.25) is 0 Å². The van der Waals surface area contributed by atoms with E-state index in [1.54, 1.807) is 37.4 Å². The molecule has 3 aromatic carbocycles. The molecule has 0 aliphatic carbocycles. The minimum atomic E-state index is -3.57. The van der Waals surface area contributed by atoms with Crippen LogP contribution in [0, 0.1) is 0 Å². The van der Waals surface area contributed by atoms with Crippen molar-refractivity contribution in [2.24, 2.45) is 0 Å². The van der Waals surface area contributed by atoms with Gasteiger partial charge in [0, 0.05) is 18.0 Å². The third-order valence-corrected chi connectivity index (χ3v) is 6.57. The summed E-state index contributed by atoms with van der Waals surface area (Å²) >= 11 is 0. The summed E-state index contributed by atoms with van der Waals surface area (Å²) in [6, 6.07) is 22.0. The van der Waals surface area contributed by atoms with Crippen molar-refractivity contribution in [3.05, 3.63) is 83.9 Å². The van der Waals surface area contributed by atoms with Crippen molar-refractivity contribution in [3.63, 3.8) is 0 Å². The normalized spacial score (nSPS) is 13.8. The second-order valence-electron chi connectivity index (χ2n) is 6.91. The molecule has 30 heavy (non-hydrogen) atoms. The average Bonchev–Trinajstić information content (AvgIpc) is 3.25. The minimum absolute atomic E-state index is 0.0888. The zero-order chi connectivity index (χ0) is 21.0. The Hall–Kier alpha value is -3.03. The highest BCUT2D eigenvalue weighted by Crippen LogP contribution is 2.39. The standard InChI is InChI=1S/C23H23NO5S/c1-27-21-10-6-5-9-20(21)19(17-11-12-22-23(15-17)29-16-28-22)13-14-24-30(25,26)18-7-3-2-4-8-18/h2-12,15,19,24H,13-14,16H2,1H3/t19-/m0/s1. The van der Waals surface area contributed by atoms with E-state index in [2.05, 4.69) is 4.72 Å². The number of hydrogen-bond donors (Lipinski definition) is 1. The molecule has 0 saturated heterocycles. The van der Waals surface area contributed by atoms with Gasteiger partial charge >= 0.3 is 0 Å². The van der Waals surface area contributed by atoms with Gasteiger partial charge < -0.3 is 14.2 Å². The van der Waals surface area contributed by atoms with Crippen LogP contribution in [-0.2, 0) is 10.0 Å². The number of para-hydroxylation sites is 1. The maximum atomic E-state index is 12.6. The second kappa shape index (κ2) is 8.77. The smallest absolute Gasteiger partial charge is 0.240 e. The van der Waals surface area contributed by atoms with Crippen molar-refractivity contribution in [2.75, 3.05) is 20.4 Å². The van der Waals surface area contributed by atoms with Gasteiger partial charge in [0.05, 0.1) is 12.0 Å². The van der Waals surface area contributed by atoms with Gasteiger partial charge in [0.1, 0.15) is 5.75 Å². The van der Waals surface area contributed by atoms with Crippen LogP contribution in [0.3, 0.4) is 0 Å². The summed E-state index contributed by atoms with van der Waals surface area (Å²) in [7, 11) is -1.94. The Morgan fingerprint density at radius 1 is 0.967 bits per heavy atom. The van der Waals surface area contributed by atoms with Crippen molar-refractivity contribution in [3.8, 4) is 17.2 Å². The molecule has 1 atom stereocenters. The quantitative estimate of drug-likeness (QED) is 0.592. The van der Waals surface area contributed by atoms with Crippen LogP contribution in [0.25, 0.3) is 0 Å². The molecular formula is C23H23NO5S. The number of rotatable bonds is 8. The lowest BCUT2D eigenvalue weighted by Crippen LogP contribution is -2.26. The molecule has 0 bridgehead atoms. The van der Waals surface area contributed by atoms with E-state index < -0.39 is 10.0 Å². The van der Waals surface area contributed by atoms with Crippen molar-refractivity contribution in [1.29, 1.82) is 0 Å². The van der Waals surface area contributed by atoms with Gasteiger partial charge in [-0.2, -0.15) is 0 Å². The molecule has 0 spiro atoms. The summed E-state index contributed by atoms with van der Waals surface area (Å²) in [5.41, 5.74) is 1.99. The van der Waals surface area contributed by atoms with E-state index in [0.717, 1.165) is 16.9 Å². The lowest BCUT2D eigenvalue weighted by atomic mass is 9.87. The van der Waals surface area contributed by atoms with Crippen molar-refractivity contribution >= 4 is 10.0 Å². The first-order valence-electron chi connectivity index (χ1n) is 9.65. The molecule has 0 aromatic heterocycles. The van der Waals surface area contributed by atoms with Gasteiger partial charge in [0.25, 0.3) is 0 Å². The number of benzene rings is 3. The van der Waals surface area contributed by atoms with Gasteiger partial charge in [0.15, 0.2) is 11.5 Å². The van der Waals surface area contributed by atoms with Crippen LogP contribution < -0.4 is 18.9 Å². The molecule has 156 valence electrons. The number of hydrogen-bond acceptors (Lipinski definition) is 5. The molecule has 6 nitrogen and oxygen atoms in total. The van der Waals surface area contributed by atoms with E-state index in [-0.39, 0.29) is 24.2 Å². The number of methoxy groups -OCH3 is 1.